The first-order chi connectivity index (χ1) is 11.6. The van der Waals surface area contributed by atoms with Crippen LogP contribution in [0.3, 0.4) is 0 Å². The second-order valence-electron chi connectivity index (χ2n) is 5.68. The van der Waals surface area contributed by atoms with E-state index >= 15 is 0 Å². The summed E-state index contributed by atoms with van der Waals surface area (Å²) in [4.78, 5) is 0. The summed E-state index contributed by atoms with van der Waals surface area (Å²) in [6.07, 6.45) is -6.52. The van der Waals surface area contributed by atoms with Gasteiger partial charge in [-0.2, -0.15) is 0 Å². The van der Waals surface area contributed by atoms with Crippen LogP contribution in [0, 0.1) is 0 Å². The van der Waals surface area contributed by atoms with Crippen LogP contribution in [0.1, 0.15) is 0 Å². The lowest BCUT2D eigenvalue weighted by molar-refractivity contribution is -0.277. The van der Waals surface area contributed by atoms with Crippen LogP contribution in [0.2, 0.25) is 0 Å². The third kappa shape index (κ3) is 3.28. The van der Waals surface area contributed by atoms with Crippen molar-refractivity contribution < 1.29 is 29.9 Å². The molecule has 1 aliphatic rings. The maximum absolute atomic E-state index is 10.1. The molecular formula is C18H20O6. The van der Waals surface area contributed by atoms with Crippen LogP contribution < -0.4 is 4.74 Å². The van der Waals surface area contributed by atoms with Gasteiger partial charge in [0, 0.05) is 5.56 Å². The van der Waals surface area contributed by atoms with E-state index < -0.39 is 37.3 Å². The van der Waals surface area contributed by atoms with Crippen molar-refractivity contribution in [2.45, 2.75) is 30.7 Å². The first-order valence-electron chi connectivity index (χ1n) is 7.73. The first-order valence-corrected chi connectivity index (χ1v) is 7.73. The normalized spacial score (nSPS) is 30.1. The van der Waals surface area contributed by atoms with E-state index in [1.165, 1.54) is 0 Å². The molecule has 0 bridgehead atoms. The highest BCUT2D eigenvalue weighted by Gasteiger charge is 2.44. The molecule has 1 fully saturated rings. The molecule has 6 nitrogen and oxygen atoms in total. The van der Waals surface area contributed by atoms with E-state index in [4.69, 9.17) is 9.47 Å². The number of para-hydroxylation sites is 1. The summed E-state index contributed by atoms with van der Waals surface area (Å²) in [7, 11) is 0. The van der Waals surface area contributed by atoms with Crippen LogP contribution in [-0.2, 0) is 4.74 Å². The molecule has 5 atom stereocenters. The summed E-state index contributed by atoms with van der Waals surface area (Å²) in [6.45, 7) is -0.495. The molecule has 0 amide bonds. The number of ether oxygens (including phenoxy) is 2. The lowest BCUT2D eigenvalue weighted by Gasteiger charge is -2.39. The van der Waals surface area contributed by atoms with Crippen LogP contribution in [0.15, 0.2) is 54.6 Å². The average Bonchev–Trinajstić information content (AvgIpc) is 2.63. The molecule has 3 rings (SSSR count). The number of aliphatic hydroxyl groups excluding tert-OH is 4. The zero-order chi connectivity index (χ0) is 17.1. The quantitative estimate of drug-likeness (QED) is 0.652. The molecule has 0 aliphatic carbocycles. The molecule has 6 heteroatoms. The van der Waals surface area contributed by atoms with Crippen molar-refractivity contribution in [1.29, 1.82) is 0 Å². The Morgan fingerprint density at radius 2 is 1.50 bits per heavy atom. The van der Waals surface area contributed by atoms with Crippen LogP contribution >= 0.6 is 0 Å². The third-order valence-electron chi connectivity index (χ3n) is 4.06. The Morgan fingerprint density at radius 3 is 2.21 bits per heavy atom. The number of aliphatic hydroxyl groups is 4. The molecule has 2 aromatic carbocycles. The summed E-state index contributed by atoms with van der Waals surface area (Å²) in [5, 5.41) is 39.0. The standard InChI is InChI=1S/C18H20O6/c19-10-14-15(20)16(21)17(22)18(24-14)23-13-9-5-4-8-12(13)11-6-2-1-3-7-11/h1-9,14-22H,10H2/t14-,15+,16+,17-,18+/m1/s1. The van der Waals surface area contributed by atoms with E-state index in [0.717, 1.165) is 11.1 Å². The first kappa shape index (κ1) is 16.9. The van der Waals surface area contributed by atoms with Gasteiger partial charge in [0.15, 0.2) is 0 Å². The van der Waals surface area contributed by atoms with Crippen molar-refractivity contribution >= 4 is 0 Å². The van der Waals surface area contributed by atoms with Crippen LogP contribution in [0.4, 0.5) is 0 Å². The zero-order valence-electron chi connectivity index (χ0n) is 12.9. The highest BCUT2D eigenvalue weighted by atomic mass is 16.7. The minimum absolute atomic E-state index is 0.466. The molecule has 0 saturated carbocycles. The molecule has 1 aliphatic heterocycles. The van der Waals surface area contributed by atoms with E-state index in [2.05, 4.69) is 0 Å². The Bertz CT molecular complexity index is 660. The molecule has 4 N–H and O–H groups in total. The van der Waals surface area contributed by atoms with Crippen molar-refractivity contribution in [3.63, 3.8) is 0 Å². The smallest absolute Gasteiger partial charge is 0.229 e. The molecule has 2 aromatic rings. The van der Waals surface area contributed by atoms with Gasteiger partial charge in [-0.3, -0.25) is 0 Å². The van der Waals surface area contributed by atoms with Gasteiger partial charge in [0.1, 0.15) is 30.2 Å². The van der Waals surface area contributed by atoms with E-state index in [1.807, 2.05) is 42.5 Å². The summed E-state index contributed by atoms with van der Waals surface area (Å²) >= 11 is 0. The Kier molecular flexibility index (Phi) is 5.13. The predicted molar refractivity (Wildman–Crippen MR) is 86.3 cm³/mol. The molecule has 0 unspecified atom stereocenters. The summed E-state index contributed by atoms with van der Waals surface area (Å²) in [6, 6.07) is 16.8. The maximum Gasteiger partial charge on any atom is 0.229 e. The fraction of sp³-hybridized carbons (Fsp3) is 0.333. The number of rotatable bonds is 4. The lowest BCUT2D eigenvalue weighted by atomic mass is 9.99. The third-order valence-corrected chi connectivity index (χ3v) is 4.06. The fourth-order valence-electron chi connectivity index (χ4n) is 2.72. The Hall–Kier alpha value is -1.96. The van der Waals surface area contributed by atoms with Crippen molar-refractivity contribution in [3.8, 4) is 16.9 Å². The van der Waals surface area contributed by atoms with Crippen LogP contribution in [-0.4, -0.2) is 57.7 Å². The largest absolute Gasteiger partial charge is 0.461 e. The van der Waals surface area contributed by atoms with Gasteiger partial charge in [0.2, 0.25) is 6.29 Å². The molecule has 128 valence electrons. The average molecular weight is 332 g/mol. The Labute approximate surface area is 139 Å². The highest BCUT2D eigenvalue weighted by Crippen LogP contribution is 2.32. The number of benzene rings is 2. The minimum atomic E-state index is -1.47. The SMILES string of the molecule is OC[C@H]1O[C@H](Oc2ccccc2-c2ccccc2)[C@H](O)[C@@H](O)[C@H]1O. The van der Waals surface area contributed by atoms with Crippen molar-refractivity contribution in [3.05, 3.63) is 54.6 Å². The van der Waals surface area contributed by atoms with E-state index in [1.54, 1.807) is 12.1 Å². The molecule has 0 aromatic heterocycles. The molecular weight excluding hydrogens is 312 g/mol. The predicted octanol–water partition coefficient (Wildman–Crippen LogP) is 0.532. The van der Waals surface area contributed by atoms with Crippen molar-refractivity contribution in [2.24, 2.45) is 0 Å². The Morgan fingerprint density at radius 1 is 0.833 bits per heavy atom. The van der Waals surface area contributed by atoms with Crippen molar-refractivity contribution in [1.82, 2.24) is 0 Å². The summed E-state index contributed by atoms with van der Waals surface area (Å²) < 4.78 is 11.1. The monoisotopic (exact) mass is 332 g/mol. The van der Waals surface area contributed by atoms with Gasteiger partial charge in [0.25, 0.3) is 0 Å². The number of hydrogen-bond donors (Lipinski definition) is 4. The van der Waals surface area contributed by atoms with E-state index in [9.17, 15) is 20.4 Å². The van der Waals surface area contributed by atoms with Gasteiger partial charge in [0.05, 0.1) is 6.61 Å². The molecule has 24 heavy (non-hydrogen) atoms. The second kappa shape index (κ2) is 7.29. The van der Waals surface area contributed by atoms with Crippen molar-refractivity contribution in [2.75, 3.05) is 6.61 Å². The molecule has 0 spiro atoms. The highest BCUT2D eigenvalue weighted by molar-refractivity contribution is 5.70. The van der Waals surface area contributed by atoms with Gasteiger partial charge in [-0.05, 0) is 11.6 Å². The zero-order valence-corrected chi connectivity index (χ0v) is 12.9. The van der Waals surface area contributed by atoms with Crippen LogP contribution in [0.25, 0.3) is 11.1 Å². The van der Waals surface area contributed by atoms with E-state index in [0.29, 0.717) is 5.75 Å². The fourth-order valence-corrected chi connectivity index (χ4v) is 2.72. The maximum atomic E-state index is 10.1. The topological polar surface area (TPSA) is 99.4 Å². The lowest BCUT2D eigenvalue weighted by Crippen LogP contribution is -2.60. The van der Waals surface area contributed by atoms with Crippen LogP contribution in [0.5, 0.6) is 5.75 Å². The molecule has 1 saturated heterocycles. The van der Waals surface area contributed by atoms with E-state index in [-0.39, 0.29) is 0 Å². The van der Waals surface area contributed by atoms with Gasteiger partial charge < -0.3 is 29.9 Å². The van der Waals surface area contributed by atoms with Gasteiger partial charge in [-0.1, -0.05) is 48.5 Å². The summed E-state index contributed by atoms with van der Waals surface area (Å²) in [5.74, 6) is 0.466. The molecule has 0 radical (unpaired) electrons. The minimum Gasteiger partial charge on any atom is -0.461 e. The Balaban J connectivity index is 1.86. The van der Waals surface area contributed by atoms with Gasteiger partial charge >= 0.3 is 0 Å². The molecule has 1 heterocycles. The second-order valence-corrected chi connectivity index (χ2v) is 5.68. The van der Waals surface area contributed by atoms with Gasteiger partial charge in [-0.25, -0.2) is 0 Å². The number of hydrogen-bond acceptors (Lipinski definition) is 6. The van der Waals surface area contributed by atoms with Gasteiger partial charge in [-0.15, -0.1) is 0 Å². The summed E-state index contributed by atoms with van der Waals surface area (Å²) in [5.41, 5.74) is 1.73.